The number of nitrogens with one attached hydrogen (secondary N) is 2. The van der Waals surface area contributed by atoms with Crippen LogP contribution >= 0.6 is 11.8 Å². The van der Waals surface area contributed by atoms with Crippen LogP contribution in [0.5, 0.6) is 0 Å². The van der Waals surface area contributed by atoms with Gasteiger partial charge in [-0.05, 0) is 5.56 Å². The summed E-state index contributed by atoms with van der Waals surface area (Å²) in [5, 5.41) is 6.00. The molecule has 0 saturated carbocycles. The highest BCUT2D eigenvalue weighted by molar-refractivity contribution is 8.00. The molecule has 2 N–H and O–H groups in total. The topological polar surface area (TPSA) is 41.1 Å². The number of rotatable bonds is 3. The molecule has 0 radical (unpaired) electrons. The van der Waals surface area contributed by atoms with Crippen LogP contribution in [0.15, 0.2) is 30.3 Å². The Hall–Kier alpha value is -1.00. The van der Waals surface area contributed by atoms with Gasteiger partial charge in [0.05, 0.1) is 0 Å². The standard InChI is InChI=1S/C11H14N2OS/c14-10(11-12-6-7-15-11)13-8-9-4-2-1-3-5-9/h1-5,11-12H,6-8H2,(H,13,14). The fraction of sp³-hybridized carbons (Fsp3) is 0.364. The van der Waals surface area contributed by atoms with Gasteiger partial charge >= 0.3 is 0 Å². The van der Waals surface area contributed by atoms with E-state index in [-0.39, 0.29) is 11.3 Å². The number of amides is 1. The molecule has 0 spiro atoms. The molecule has 0 aromatic heterocycles. The van der Waals surface area contributed by atoms with E-state index in [1.165, 1.54) is 0 Å². The molecule has 1 unspecified atom stereocenters. The molecule has 1 aliphatic heterocycles. The summed E-state index contributed by atoms with van der Waals surface area (Å²) >= 11 is 1.66. The maximum atomic E-state index is 11.6. The Bertz CT molecular complexity index is 323. The van der Waals surface area contributed by atoms with E-state index >= 15 is 0 Å². The second kappa shape index (κ2) is 5.19. The summed E-state index contributed by atoms with van der Waals surface area (Å²) in [6.45, 7) is 1.53. The summed E-state index contributed by atoms with van der Waals surface area (Å²) in [7, 11) is 0. The third kappa shape index (κ3) is 2.97. The number of hydrogen-bond donors (Lipinski definition) is 2. The average molecular weight is 222 g/mol. The van der Waals surface area contributed by atoms with E-state index in [1.54, 1.807) is 11.8 Å². The van der Waals surface area contributed by atoms with E-state index < -0.39 is 0 Å². The first-order valence-corrected chi connectivity index (χ1v) is 6.08. The number of thioether (sulfide) groups is 1. The molecule has 15 heavy (non-hydrogen) atoms. The van der Waals surface area contributed by atoms with Crippen LogP contribution in [0.2, 0.25) is 0 Å². The molecule has 1 aromatic rings. The molecule has 2 rings (SSSR count). The lowest BCUT2D eigenvalue weighted by Crippen LogP contribution is -2.38. The van der Waals surface area contributed by atoms with Crippen LogP contribution < -0.4 is 10.6 Å². The minimum atomic E-state index is -0.0614. The van der Waals surface area contributed by atoms with Crippen molar-refractivity contribution < 1.29 is 4.79 Å². The summed E-state index contributed by atoms with van der Waals surface area (Å²) in [5.41, 5.74) is 1.13. The molecule has 1 amide bonds. The van der Waals surface area contributed by atoms with Crippen molar-refractivity contribution in [3.8, 4) is 0 Å². The summed E-state index contributed by atoms with van der Waals surface area (Å²) in [5.74, 6) is 1.10. The van der Waals surface area contributed by atoms with Crippen LogP contribution in [-0.4, -0.2) is 23.6 Å². The van der Waals surface area contributed by atoms with E-state index in [4.69, 9.17) is 0 Å². The molecular formula is C11H14N2OS. The largest absolute Gasteiger partial charge is 0.350 e. The van der Waals surface area contributed by atoms with E-state index in [9.17, 15) is 4.79 Å². The number of carbonyl (C=O) groups excluding carboxylic acids is 1. The fourth-order valence-electron chi connectivity index (χ4n) is 1.47. The fourth-order valence-corrected chi connectivity index (χ4v) is 2.41. The monoisotopic (exact) mass is 222 g/mol. The van der Waals surface area contributed by atoms with Crippen molar-refractivity contribution in [2.45, 2.75) is 11.9 Å². The third-order valence-corrected chi connectivity index (χ3v) is 3.42. The Kier molecular flexibility index (Phi) is 3.64. The van der Waals surface area contributed by atoms with E-state index in [0.717, 1.165) is 17.9 Å². The number of benzene rings is 1. The van der Waals surface area contributed by atoms with Gasteiger partial charge in [0.25, 0.3) is 0 Å². The molecule has 3 nitrogen and oxygen atoms in total. The second-order valence-electron chi connectivity index (χ2n) is 3.41. The van der Waals surface area contributed by atoms with Crippen molar-refractivity contribution in [2.24, 2.45) is 0 Å². The molecule has 1 aliphatic rings. The van der Waals surface area contributed by atoms with Crippen LogP contribution in [-0.2, 0) is 11.3 Å². The van der Waals surface area contributed by atoms with Gasteiger partial charge in [-0.15, -0.1) is 11.8 Å². The highest BCUT2D eigenvalue weighted by Crippen LogP contribution is 2.13. The van der Waals surface area contributed by atoms with E-state index in [2.05, 4.69) is 10.6 Å². The zero-order valence-corrected chi connectivity index (χ0v) is 9.22. The zero-order valence-electron chi connectivity index (χ0n) is 8.40. The smallest absolute Gasteiger partial charge is 0.247 e. The van der Waals surface area contributed by atoms with Crippen molar-refractivity contribution >= 4 is 17.7 Å². The Balaban J connectivity index is 1.80. The predicted molar refractivity (Wildman–Crippen MR) is 62.5 cm³/mol. The van der Waals surface area contributed by atoms with Crippen molar-refractivity contribution in [3.63, 3.8) is 0 Å². The molecule has 0 bridgehead atoms. The average Bonchev–Trinajstić information content (AvgIpc) is 2.81. The summed E-state index contributed by atoms with van der Waals surface area (Å²) in [6.07, 6.45) is 0. The molecule has 1 fully saturated rings. The summed E-state index contributed by atoms with van der Waals surface area (Å²) < 4.78 is 0. The van der Waals surface area contributed by atoms with Gasteiger partial charge in [0, 0.05) is 18.8 Å². The lowest BCUT2D eigenvalue weighted by molar-refractivity contribution is -0.121. The molecule has 1 heterocycles. The van der Waals surface area contributed by atoms with Crippen molar-refractivity contribution in [1.82, 2.24) is 10.6 Å². The lowest BCUT2D eigenvalue weighted by Gasteiger charge is -2.10. The highest BCUT2D eigenvalue weighted by atomic mass is 32.2. The summed E-state index contributed by atoms with van der Waals surface area (Å²) in [6, 6.07) is 9.94. The van der Waals surface area contributed by atoms with Crippen molar-refractivity contribution in [3.05, 3.63) is 35.9 Å². The van der Waals surface area contributed by atoms with Gasteiger partial charge in [0.1, 0.15) is 5.37 Å². The van der Waals surface area contributed by atoms with Gasteiger partial charge in [-0.1, -0.05) is 30.3 Å². The lowest BCUT2D eigenvalue weighted by atomic mass is 10.2. The first-order valence-electron chi connectivity index (χ1n) is 5.03. The molecule has 80 valence electrons. The quantitative estimate of drug-likeness (QED) is 0.800. The molecule has 1 saturated heterocycles. The Morgan fingerprint density at radius 2 is 2.27 bits per heavy atom. The van der Waals surface area contributed by atoms with Crippen molar-refractivity contribution in [1.29, 1.82) is 0 Å². The highest BCUT2D eigenvalue weighted by Gasteiger charge is 2.21. The van der Waals surface area contributed by atoms with Crippen LogP contribution in [0.1, 0.15) is 5.56 Å². The zero-order chi connectivity index (χ0) is 10.5. The first kappa shape index (κ1) is 10.5. The van der Waals surface area contributed by atoms with Crippen LogP contribution in [0.4, 0.5) is 0 Å². The molecular weight excluding hydrogens is 208 g/mol. The minimum Gasteiger partial charge on any atom is -0.350 e. The first-order chi connectivity index (χ1) is 7.36. The Morgan fingerprint density at radius 3 is 2.93 bits per heavy atom. The van der Waals surface area contributed by atoms with Gasteiger partial charge in [0.15, 0.2) is 0 Å². The second-order valence-corrected chi connectivity index (χ2v) is 4.62. The maximum Gasteiger partial charge on any atom is 0.247 e. The predicted octanol–water partition coefficient (Wildman–Crippen LogP) is 0.965. The van der Waals surface area contributed by atoms with Gasteiger partial charge in [0.2, 0.25) is 5.91 Å². The molecule has 1 aromatic carbocycles. The SMILES string of the molecule is O=C(NCc1ccccc1)C1NCCS1. The normalized spacial score (nSPS) is 20.1. The Labute approximate surface area is 93.6 Å². The molecule has 1 atom stereocenters. The van der Waals surface area contributed by atoms with E-state index in [0.29, 0.717) is 6.54 Å². The van der Waals surface area contributed by atoms with Crippen molar-refractivity contribution in [2.75, 3.05) is 12.3 Å². The van der Waals surface area contributed by atoms with Crippen LogP contribution in [0.25, 0.3) is 0 Å². The minimum absolute atomic E-state index is 0.0614. The van der Waals surface area contributed by atoms with Gasteiger partial charge in [-0.25, -0.2) is 0 Å². The Morgan fingerprint density at radius 1 is 1.47 bits per heavy atom. The van der Waals surface area contributed by atoms with Crippen LogP contribution in [0.3, 0.4) is 0 Å². The van der Waals surface area contributed by atoms with Gasteiger partial charge < -0.3 is 5.32 Å². The van der Waals surface area contributed by atoms with Gasteiger partial charge in [-0.3, -0.25) is 10.1 Å². The van der Waals surface area contributed by atoms with Gasteiger partial charge in [-0.2, -0.15) is 0 Å². The third-order valence-electron chi connectivity index (χ3n) is 2.26. The number of hydrogen-bond acceptors (Lipinski definition) is 3. The van der Waals surface area contributed by atoms with Crippen LogP contribution in [0, 0.1) is 0 Å². The number of carbonyl (C=O) groups is 1. The summed E-state index contributed by atoms with van der Waals surface area (Å²) in [4.78, 5) is 11.6. The van der Waals surface area contributed by atoms with E-state index in [1.807, 2.05) is 30.3 Å². The molecule has 4 heteroatoms. The molecule has 0 aliphatic carbocycles. The maximum absolute atomic E-state index is 11.6.